The maximum absolute atomic E-state index is 11.2. The number of rotatable bonds is 6. The summed E-state index contributed by atoms with van der Waals surface area (Å²) in [4.78, 5) is 11.2. The second-order valence-electron chi connectivity index (χ2n) is 5.38. The predicted octanol–water partition coefficient (Wildman–Crippen LogP) is 2.05. The van der Waals surface area contributed by atoms with E-state index in [1.165, 1.54) is 0 Å². The molecule has 0 radical (unpaired) electrons. The Labute approximate surface area is 118 Å². The van der Waals surface area contributed by atoms with Gasteiger partial charge in [-0.3, -0.25) is 4.79 Å². The molecule has 0 spiro atoms. The number of hydrogen-bond acceptors (Lipinski definition) is 4. The SMILES string of the molecule is CC(C)C[C@H](NCc1ccc2c(c1)OCCO2)C(=O)O. The first-order valence-corrected chi connectivity index (χ1v) is 6.91. The fourth-order valence-electron chi connectivity index (χ4n) is 2.18. The molecule has 1 aliphatic heterocycles. The van der Waals surface area contributed by atoms with Crippen LogP contribution < -0.4 is 14.8 Å². The van der Waals surface area contributed by atoms with Gasteiger partial charge in [-0.15, -0.1) is 0 Å². The molecule has 2 N–H and O–H groups in total. The zero-order valence-electron chi connectivity index (χ0n) is 11.9. The van der Waals surface area contributed by atoms with E-state index in [2.05, 4.69) is 5.32 Å². The van der Waals surface area contributed by atoms with Gasteiger partial charge in [0.2, 0.25) is 0 Å². The molecule has 0 saturated carbocycles. The largest absolute Gasteiger partial charge is 0.486 e. The standard InChI is InChI=1S/C15H21NO4/c1-10(2)7-12(15(17)18)16-9-11-3-4-13-14(8-11)20-6-5-19-13/h3-4,8,10,12,16H,5-7,9H2,1-2H3,(H,17,18)/t12-/m0/s1. The molecule has 5 heteroatoms. The molecule has 20 heavy (non-hydrogen) atoms. The molecule has 1 aromatic carbocycles. The summed E-state index contributed by atoms with van der Waals surface area (Å²) in [5, 5.41) is 12.3. The Morgan fingerprint density at radius 2 is 2.00 bits per heavy atom. The van der Waals surface area contributed by atoms with E-state index in [0.29, 0.717) is 32.1 Å². The minimum Gasteiger partial charge on any atom is -0.486 e. The lowest BCUT2D eigenvalue weighted by Crippen LogP contribution is -2.37. The number of carboxylic acid groups (broad SMARTS) is 1. The highest BCUT2D eigenvalue weighted by Gasteiger charge is 2.18. The Hall–Kier alpha value is -1.75. The molecule has 0 aromatic heterocycles. The van der Waals surface area contributed by atoms with Gasteiger partial charge < -0.3 is 19.9 Å². The lowest BCUT2D eigenvalue weighted by molar-refractivity contribution is -0.140. The van der Waals surface area contributed by atoms with Crippen LogP contribution in [0.25, 0.3) is 0 Å². The van der Waals surface area contributed by atoms with Crippen molar-refractivity contribution in [2.24, 2.45) is 5.92 Å². The van der Waals surface area contributed by atoms with Gasteiger partial charge >= 0.3 is 5.97 Å². The molecular weight excluding hydrogens is 258 g/mol. The first-order chi connectivity index (χ1) is 9.56. The average molecular weight is 279 g/mol. The van der Waals surface area contributed by atoms with Crippen LogP contribution in [-0.4, -0.2) is 30.3 Å². The first kappa shape index (κ1) is 14.7. The Kier molecular flexibility index (Phi) is 4.84. The van der Waals surface area contributed by atoms with Crippen LogP contribution in [-0.2, 0) is 11.3 Å². The van der Waals surface area contributed by atoms with Gasteiger partial charge in [-0.2, -0.15) is 0 Å². The number of ether oxygens (including phenoxy) is 2. The molecule has 0 saturated heterocycles. The van der Waals surface area contributed by atoms with Crippen molar-refractivity contribution < 1.29 is 19.4 Å². The van der Waals surface area contributed by atoms with Crippen molar-refractivity contribution in [3.63, 3.8) is 0 Å². The third-order valence-electron chi connectivity index (χ3n) is 3.16. The number of nitrogens with one attached hydrogen (secondary N) is 1. The lowest BCUT2D eigenvalue weighted by atomic mass is 10.0. The highest BCUT2D eigenvalue weighted by atomic mass is 16.6. The van der Waals surface area contributed by atoms with Crippen molar-refractivity contribution in [2.45, 2.75) is 32.9 Å². The number of benzene rings is 1. The van der Waals surface area contributed by atoms with Crippen LogP contribution in [0.1, 0.15) is 25.8 Å². The summed E-state index contributed by atoms with van der Waals surface area (Å²) in [5.74, 6) is 1.00. The van der Waals surface area contributed by atoms with Crippen LogP contribution in [0.2, 0.25) is 0 Å². The Morgan fingerprint density at radius 1 is 1.30 bits per heavy atom. The molecule has 1 aliphatic rings. The van der Waals surface area contributed by atoms with E-state index in [9.17, 15) is 9.90 Å². The van der Waals surface area contributed by atoms with Gasteiger partial charge in [0.05, 0.1) is 0 Å². The van der Waals surface area contributed by atoms with Crippen molar-refractivity contribution in [2.75, 3.05) is 13.2 Å². The van der Waals surface area contributed by atoms with Crippen LogP contribution in [0.5, 0.6) is 11.5 Å². The molecule has 5 nitrogen and oxygen atoms in total. The van der Waals surface area contributed by atoms with Crippen molar-refractivity contribution in [1.82, 2.24) is 5.32 Å². The number of aliphatic carboxylic acids is 1. The van der Waals surface area contributed by atoms with E-state index in [1.54, 1.807) is 0 Å². The Bertz CT molecular complexity index is 473. The maximum Gasteiger partial charge on any atom is 0.320 e. The van der Waals surface area contributed by atoms with Crippen molar-refractivity contribution in [1.29, 1.82) is 0 Å². The molecule has 110 valence electrons. The smallest absolute Gasteiger partial charge is 0.320 e. The minimum atomic E-state index is -0.809. The third-order valence-corrected chi connectivity index (χ3v) is 3.16. The minimum absolute atomic E-state index is 0.337. The molecular formula is C15H21NO4. The summed E-state index contributed by atoms with van der Waals surface area (Å²) >= 11 is 0. The summed E-state index contributed by atoms with van der Waals surface area (Å²) in [6.45, 7) is 5.65. The average Bonchev–Trinajstić information content (AvgIpc) is 2.42. The summed E-state index contributed by atoms with van der Waals surface area (Å²) in [5.41, 5.74) is 0.990. The molecule has 0 aliphatic carbocycles. The topological polar surface area (TPSA) is 67.8 Å². The zero-order chi connectivity index (χ0) is 14.5. The van der Waals surface area contributed by atoms with Gasteiger partial charge in [0, 0.05) is 6.54 Å². The molecule has 1 aromatic rings. The number of carbonyl (C=O) groups is 1. The maximum atomic E-state index is 11.2. The summed E-state index contributed by atoms with van der Waals surface area (Å²) < 4.78 is 11.0. The highest BCUT2D eigenvalue weighted by Crippen LogP contribution is 2.30. The summed E-state index contributed by atoms with van der Waals surface area (Å²) in [7, 11) is 0. The quantitative estimate of drug-likeness (QED) is 0.834. The van der Waals surface area contributed by atoms with Crippen LogP contribution in [0.4, 0.5) is 0 Å². The summed E-state index contributed by atoms with van der Waals surface area (Å²) in [6.07, 6.45) is 0.611. The van der Waals surface area contributed by atoms with Crippen molar-refractivity contribution >= 4 is 5.97 Å². The van der Waals surface area contributed by atoms with Crippen molar-refractivity contribution in [3.05, 3.63) is 23.8 Å². The van der Waals surface area contributed by atoms with Gasteiger partial charge in [-0.25, -0.2) is 0 Å². The molecule has 1 atom stereocenters. The summed E-state index contributed by atoms with van der Waals surface area (Å²) in [6, 6.07) is 5.16. The van der Waals surface area contributed by atoms with E-state index in [4.69, 9.17) is 9.47 Å². The molecule has 0 fully saturated rings. The normalized spacial score (nSPS) is 15.2. The molecule has 0 bridgehead atoms. The van der Waals surface area contributed by atoms with E-state index < -0.39 is 12.0 Å². The van der Waals surface area contributed by atoms with E-state index >= 15 is 0 Å². The first-order valence-electron chi connectivity index (χ1n) is 6.91. The number of carboxylic acids is 1. The van der Waals surface area contributed by atoms with Crippen LogP contribution in [0.3, 0.4) is 0 Å². The van der Waals surface area contributed by atoms with E-state index in [1.807, 2.05) is 32.0 Å². The molecule has 2 rings (SSSR count). The zero-order valence-corrected chi connectivity index (χ0v) is 11.9. The second-order valence-corrected chi connectivity index (χ2v) is 5.38. The van der Waals surface area contributed by atoms with E-state index in [0.717, 1.165) is 17.1 Å². The fraction of sp³-hybridized carbons (Fsp3) is 0.533. The van der Waals surface area contributed by atoms with Gasteiger partial charge in [0.15, 0.2) is 11.5 Å². The van der Waals surface area contributed by atoms with Crippen molar-refractivity contribution in [3.8, 4) is 11.5 Å². The highest BCUT2D eigenvalue weighted by molar-refractivity contribution is 5.73. The fourth-order valence-corrected chi connectivity index (χ4v) is 2.18. The third kappa shape index (κ3) is 3.87. The monoisotopic (exact) mass is 279 g/mol. The number of hydrogen-bond donors (Lipinski definition) is 2. The molecule has 0 unspecified atom stereocenters. The Balaban J connectivity index is 1.97. The van der Waals surface area contributed by atoms with Crippen LogP contribution in [0, 0.1) is 5.92 Å². The number of fused-ring (bicyclic) bond motifs is 1. The van der Waals surface area contributed by atoms with Gasteiger partial charge in [0.1, 0.15) is 19.3 Å². The van der Waals surface area contributed by atoms with E-state index in [-0.39, 0.29) is 0 Å². The molecule has 1 heterocycles. The van der Waals surface area contributed by atoms with Gasteiger partial charge in [-0.1, -0.05) is 19.9 Å². The van der Waals surface area contributed by atoms with Gasteiger partial charge in [-0.05, 0) is 30.0 Å². The van der Waals surface area contributed by atoms with Crippen LogP contribution >= 0.6 is 0 Å². The van der Waals surface area contributed by atoms with Crippen LogP contribution in [0.15, 0.2) is 18.2 Å². The van der Waals surface area contributed by atoms with Gasteiger partial charge in [0.25, 0.3) is 0 Å². The predicted molar refractivity (Wildman–Crippen MR) is 75.2 cm³/mol. The Morgan fingerprint density at radius 3 is 2.65 bits per heavy atom. The second kappa shape index (κ2) is 6.61. The lowest BCUT2D eigenvalue weighted by Gasteiger charge is -2.20. The molecule has 0 amide bonds.